The predicted octanol–water partition coefficient (Wildman–Crippen LogP) is 4.19. The zero-order chi connectivity index (χ0) is 10.6. The first kappa shape index (κ1) is 11.7. The Morgan fingerprint density at radius 2 is 1.93 bits per heavy atom. The molecule has 0 aliphatic carbocycles. The van der Waals surface area contributed by atoms with Crippen molar-refractivity contribution in [3.8, 4) is 11.8 Å². The molecule has 0 spiro atoms. The average Bonchev–Trinajstić information content (AvgIpc) is 2.09. The molecule has 0 amide bonds. The molecule has 1 rings (SSSR count). The van der Waals surface area contributed by atoms with Gasteiger partial charge in [-0.05, 0) is 19.1 Å². The zero-order valence-electron chi connectivity index (χ0n) is 7.50. The minimum Gasteiger partial charge on any atom is -0.372 e. The summed E-state index contributed by atoms with van der Waals surface area (Å²) in [5, 5.41) is 4.22. The van der Waals surface area contributed by atoms with Gasteiger partial charge in [0, 0.05) is 4.47 Å². The summed E-state index contributed by atoms with van der Waals surface area (Å²) < 4.78 is 0.861. The smallest absolute Gasteiger partial charge is 0.0766 e. The molecule has 0 aliphatic heterocycles. The monoisotopic (exact) mass is 291 g/mol. The molecule has 1 N–H and O–H groups in total. The lowest BCUT2D eigenvalue weighted by Gasteiger charge is -2.08. The van der Waals surface area contributed by atoms with Gasteiger partial charge in [-0.15, -0.1) is 5.92 Å². The van der Waals surface area contributed by atoms with Crippen LogP contribution >= 0.6 is 39.1 Å². The molecule has 0 aliphatic rings. The van der Waals surface area contributed by atoms with Gasteiger partial charge in [-0.2, -0.15) is 0 Å². The third-order valence-electron chi connectivity index (χ3n) is 1.54. The molecule has 0 bridgehead atoms. The summed E-state index contributed by atoms with van der Waals surface area (Å²) in [6, 6.07) is 3.57. The number of hydrogen-bond acceptors (Lipinski definition) is 1. The van der Waals surface area contributed by atoms with E-state index in [1.807, 2.05) is 0 Å². The summed E-state index contributed by atoms with van der Waals surface area (Å²) in [6.07, 6.45) is 0. The molecule has 0 atom stereocenters. The molecule has 0 heterocycles. The largest absolute Gasteiger partial charge is 0.372 e. The topological polar surface area (TPSA) is 12.0 Å². The van der Waals surface area contributed by atoms with E-state index in [-0.39, 0.29) is 0 Å². The SMILES string of the molecule is CC#CCNc1c(Cl)cc(Br)cc1Cl. The lowest BCUT2D eigenvalue weighted by molar-refractivity contribution is 1.37. The Labute approximate surface area is 102 Å². The van der Waals surface area contributed by atoms with E-state index in [1.54, 1.807) is 19.1 Å². The van der Waals surface area contributed by atoms with E-state index in [1.165, 1.54) is 0 Å². The summed E-state index contributed by atoms with van der Waals surface area (Å²) in [5.41, 5.74) is 0.722. The Kier molecular flexibility index (Phi) is 4.60. The molecule has 1 aromatic rings. The molecule has 0 unspecified atom stereocenters. The Hall–Kier alpha value is -0.360. The van der Waals surface area contributed by atoms with Crippen LogP contribution in [0.1, 0.15) is 6.92 Å². The standard InChI is InChI=1S/C10H8BrCl2N/c1-2-3-4-14-10-8(12)5-7(11)6-9(10)13/h5-6,14H,4H2,1H3. The highest BCUT2D eigenvalue weighted by molar-refractivity contribution is 9.10. The molecule has 0 fully saturated rings. The van der Waals surface area contributed by atoms with Crippen molar-refractivity contribution >= 4 is 44.8 Å². The normalized spacial score (nSPS) is 9.14. The number of benzene rings is 1. The second kappa shape index (κ2) is 5.50. The first-order valence-corrected chi connectivity index (χ1v) is 5.48. The number of rotatable bonds is 2. The van der Waals surface area contributed by atoms with Crippen LogP contribution in [0.25, 0.3) is 0 Å². The second-order valence-electron chi connectivity index (χ2n) is 2.52. The van der Waals surface area contributed by atoms with E-state index in [2.05, 4.69) is 33.1 Å². The van der Waals surface area contributed by atoms with Crippen LogP contribution in [0, 0.1) is 11.8 Å². The van der Waals surface area contributed by atoms with E-state index in [9.17, 15) is 0 Å². The number of anilines is 1. The van der Waals surface area contributed by atoms with Crippen LogP contribution in [0.2, 0.25) is 10.0 Å². The molecule has 14 heavy (non-hydrogen) atoms. The molecule has 74 valence electrons. The van der Waals surface area contributed by atoms with Gasteiger partial charge in [-0.3, -0.25) is 0 Å². The molecule has 4 heteroatoms. The maximum atomic E-state index is 5.99. The van der Waals surface area contributed by atoms with Crippen molar-refractivity contribution in [3.05, 3.63) is 26.7 Å². The zero-order valence-corrected chi connectivity index (χ0v) is 10.6. The van der Waals surface area contributed by atoms with Gasteiger partial charge in [0.1, 0.15) is 0 Å². The third-order valence-corrected chi connectivity index (χ3v) is 2.59. The van der Waals surface area contributed by atoms with Crippen molar-refractivity contribution in [2.75, 3.05) is 11.9 Å². The van der Waals surface area contributed by atoms with Crippen molar-refractivity contribution in [1.29, 1.82) is 0 Å². The lowest BCUT2D eigenvalue weighted by atomic mass is 10.3. The number of nitrogens with one attached hydrogen (secondary N) is 1. The van der Waals surface area contributed by atoms with Crippen molar-refractivity contribution in [2.24, 2.45) is 0 Å². The van der Waals surface area contributed by atoms with Crippen molar-refractivity contribution < 1.29 is 0 Å². The molecule has 0 aromatic heterocycles. The molecular formula is C10H8BrCl2N. The Morgan fingerprint density at radius 1 is 1.36 bits per heavy atom. The van der Waals surface area contributed by atoms with Crippen LogP contribution in [0.15, 0.2) is 16.6 Å². The van der Waals surface area contributed by atoms with Crippen molar-refractivity contribution in [3.63, 3.8) is 0 Å². The quantitative estimate of drug-likeness (QED) is 0.806. The van der Waals surface area contributed by atoms with Gasteiger partial charge >= 0.3 is 0 Å². The first-order chi connectivity index (χ1) is 6.65. The van der Waals surface area contributed by atoms with Gasteiger partial charge in [0.2, 0.25) is 0 Å². The molecule has 0 radical (unpaired) electrons. The Morgan fingerprint density at radius 3 is 2.43 bits per heavy atom. The van der Waals surface area contributed by atoms with Crippen LogP contribution in [0.4, 0.5) is 5.69 Å². The van der Waals surface area contributed by atoms with E-state index in [4.69, 9.17) is 23.2 Å². The Bertz CT molecular complexity index is 370. The van der Waals surface area contributed by atoms with Gasteiger partial charge in [0.25, 0.3) is 0 Å². The van der Waals surface area contributed by atoms with Crippen LogP contribution < -0.4 is 5.32 Å². The highest BCUT2D eigenvalue weighted by Gasteiger charge is 2.05. The fourth-order valence-corrected chi connectivity index (χ4v) is 2.27. The average molecular weight is 293 g/mol. The van der Waals surface area contributed by atoms with Crippen LogP contribution in [-0.4, -0.2) is 6.54 Å². The number of halogens is 3. The van der Waals surface area contributed by atoms with E-state index in [0.29, 0.717) is 16.6 Å². The second-order valence-corrected chi connectivity index (χ2v) is 4.25. The minimum atomic E-state index is 0.539. The Balaban J connectivity index is 2.89. The van der Waals surface area contributed by atoms with Crippen LogP contribution in [0.3, 0.4) is 0 Å². The molecule has 0 saturated heterocycles. The highest BCUT2D eigenvalue weighted by atomic mass is 79.9. The van der Waals surface area contributed by atoms with Gasteiger partial charge < -0.3 is 5.32 Å². The molecule has 1 nitrogen and oxygen atoms in total. The summed E-state index contributed by atoms with van der Waals surface area (Å²) >= 11 is 15.3. The maximum absolute atomic E-state index is 5.99. The maximum Gasteiger partial charge on any atom is 0.0766 e. The van der Waals surface area contributed by atoms with Crippen LogP contribution in [0.5, 0.6) is 0 Å². The lowest BCUT2D eigenvalue weighted by Crippen LogP contribution is -1.99. The van der Waals surface area contributed by atoms with E-state index in [0.717, 1.165) is 10.2 Å². The summed E-state index contributed by atoms with van der Waals surface area (Å²) in [7, 11) is 0. The van der Waals surface area contributed by atoms with E-state index >= 15 is 0 Å². The summed E-state index contributed by atoms with van der Waals surface area (Å²) in [6.45, 7) is 2.32. The van der Waals surface area contributed by atoms with Gasteiger partial charge in [0.15, 0.2) is 0 Å². The highest BCUT2D eigenvalue weighted by Crippen LogP contribution is 2.33. The van der Waals surface area contributed by atoms with E-state index < -0.39 is 0 Å². The summed E-state index contributed by atoms with van der Waals surface area (Å²) in [4.78, 5) is 0. The van der Waals surface area contributed by atoms with Crippen molar-refractivity contribution in [2.45, 2.75) is 6.92 Å². The fourth-order valence-electron chi connectivity index (χ4n) is 0.932. The van der Waals surface area contributed by atoms with Gasteiger partial charge in [0.05, 0.1) is 22.3 Å². The minimum absolute atomic E-state index is 0.539. The molecular weight excluding hydrogens is 285 g/mol. The third kappa shape index (κ3) is 3.09. The van der Waals surface area contributed by atoms with Crippen LogP contribution in [-0.2, 0) is 0 Å². The predicted molar refractivity (Wildman–Crippen MR) is 66.1 cm³/mol. The molecule has 0 saturated carbocycles. The molecule has 1 aromatic carbocycles. The number of hydrogen-bond donors (Lipinski definition) is 1. The first-order valence-electron chi connectivity index (χ1n) is 3.93. The van der Waals surface area contributed by atoms with Crippen molar-refractivity contribution in [1.82, 2.24) is 0 Å². The van der Waals surface area contributed by atoms with Gasteiger partial charge in [-0.1, -0.05) is 45.1 Å². The summed E-state index contributed by atoms with van der Waals surface area (Å²) in [5.74, 6) is 5.66. The van der Waals surface area contributed by atoms with Gasteiger partial charge in [-0.25, -0.2) is 0 Å². The fraction of sp³-hybridized carbons (Fsp3) is 0.200.